The molecular weight excluding hydrogens is 354 g/mol. The van der Waals surface area contributed by atoms with Gasteiger partial charge in [0.25, 0.3) is 0 Å². The van der Waals surface area contributed by atoms with E-state index in [1.165, 1.54) is 31.3 Å². The molecule has 0 aliphatic rings. The molecular formula is C19H19NO5S. The van der Waals surface area contributed by atoms with Gasteiger partial charge in [-0.2, -0.15) is 13.1 Å². The number of benzene rings is 2. The van der Waals surface area contributed by atoms with Crippen molar-refractivity contribution in [1.82, 2.24) is 4.72 Å². The zero-order valence-corrected chi connectivity index (χ0v) is 15.3. The number of hydrogen-bond donors (Lipinski definition) is 1. The van der Waals surface area contributed by atoms with Gasteiger partial charge in [-0.1, -0.05) is 37.6 Å². The summed E-state index contributed by atoms with van der Waals surface area (Å²) < 4.78 is 36.0. The van der Waals surface area contributed by atoms with E-state index < -0.39 is 10.3 Å². The Morgan fingerprint density at radius 3 is 2.62 bits per heavy atom. The standard InChI is InChI=1S/C19H19NO5S/c1-3-6-13-7-4-5-8-15(13)19-12-17(21)16-10-9-14(11-18(16)24-19)25-26(22,23)20-2/h4-5,7-12,20H,3,6H2,1-2H3. The van der Waals surface area contributed by atoms with E-state index in [0.29, 0.717) is 11.1 Å². The number of hydrogen-bond acceptors (Lipinski definition) is 5. The van der Waals surface area contributed by atoms with Gasteiger partial charge in [-0.3, -0.25) is 4.79 Å². The molecule has 0 spiro atoms. The van der Waals surface area contributed by atoms with Crippen LogP contribution in [0.15, 0.2) is 57.7 Å². The van der Waals surface area contributed by atoms with Crippen LogP contribution < -0.4 is 14.3 Å². The lowest BCUT2D eigenvalue weighted by Gasteiger charge is -2.10. The van der Waals surface area contributed by atoms with Crippen molar-refractivity contribution >= 4 is 21.3 Å². The first-order chi connectivity index (χ1) is 12.4. The Balaban J connectivity index is 2.13. The zero-order chi connectivity index (χ0) is 18.7. The number of nitrogens with one attached hydrogen (secondary N) is 1. The van der Waals surface area contributed by atoms with Crippen LogP contribution >= 0.6 is 0 Å². The molecule has 0 bridgehead atoms. The van der Waals surface area contributed by atoms with Crippen LogP contribution in [-0.2, 0) is 16.7 Å². The van der Waals surface area contributed by atoms with E-state index in [-0.39, 0.29) is 16.8 Å². The van der Waals surface area contributed by atoms with Gasteiger partial charge >= 0.3 is 10.3 Å². The minimum Gasteiger partial charge on any atom is -0.456 e. The average molecular weight is 373 g/mol. The summed E-state index contributed by atoms with van der Waals surface area (Å²) in [6.45, 7) is 2.08. The number of rotatable bonds is 6. The summed E-state index contributed by atoms with van der Waals surface area (Å²) in [5, 5.41) is 0.357. The maximum atomic E-state index is 12.5. The minimum absolute atomic E-state index is 0.0639. The van der Waals surface area contributed by atoms with Gasteiger partial charge < -0.3 is 8.60 Å². The van der Waals surface area contributed by atoms with Gasteiger partial charge in [-0.05, 0) is 24.1 Å². The third-order valence-corrected chi connectivity index (χ3v) is 4.87. The van der Waals surface area contributed by atoms with E-state index in [2.05, 4.69) is 11.6 Å². The first-order valence-electron chi connectivity index (χ1n) is 8.22. The zero-order valence-electron chi connectivity index (χ0n) is 14.5. The van der Waals surface area contributed by atoms with E-state index >= 15 is 0 Å². The largest absolute Gasteiger partial charge is 0.456 e. The Bertz CT molecular complexity index is 1100. The van der Waals surface area contributed by atoms with Crippen LogP contribution in [0, 0.1) is 0 Å². The highest BCUT2D eigenvalue weighted by molar-refractivity contribution is 7.85. The Hall–Kier alpha value is -2.64. The second-order valence-corrected chi connectivity index (χ2v) is 7.26. The Morgan fingerprint density at radius 1 is 1.12 bits per heavy atom. The highest BCUT2D eigenvalue weighted by atomic mass is 32.2. The molecule has 0 aliphatic heterocycles. The first kappa shape index (κ1) is 18.2. The quantitative estimate of drug-likeness (QED) is 0.717. The molecule has 0 amide bonds. The number of fused-ring (bicyclic) bond motifs is 1. The fourth-order valence-corrected chi connectivity index (χ4v) is 3.18. The van der Waals surface area contributed by atoms with Crippen molar-refractivity contribution < 1.29 is 17.0 Å². The predicted octanol–water partition coefficient (Wildman–Crippen LogP) is 3.26. The molecule has 0 fully saturated rings. The lowest BCUT2D eigenvalue weighted by Crippen LogP contribution is -2.24. The van der Waals surface area contributed by atoms with Gasteiger partial charge in [-0.15, -0.1) is 0 Å². The molecule has 2 aromatic carbocycles. The fraction of sp³-hybridized carbons (Fsp3) is 0.211. The van der Waals surface area contributed by atoms with Crippen LogP contribution in [0.25, 0.3) is 22.3 Å². The van der Waals surface area contributed by atoms with E-state index in [9.17, 15) is 13.2 Å². The molecule has 26 heavy (non-hydrogen) atoms. The molecule has 7 heteroatoms. The lowest BCUT2D eigenvalue weighted by atomic mass is 10.0. The van der Waals surface area contributed by atoms with E-state index in [1.54, 1.807) is 0 Å². The van der Waals surface area contributed by atoms with Crippen LogP contribution in [0.3, 0.4) is 0 Å². The number of aryl methyl sites for hydroxylation is 1. The molecule has 136 valence electrons. The van der Waals surface area contributed by atoms with Crippen molar-refractivity contribution in [3.05, 3.63) is 64.3 Å². The van der Waals surface area contributed by atoms with Crippen LogP contribution in [-0.4, -0.2) is 15.5 Å². The van der Waals surface area contributed by atoms with Gasteiger partial charge in [0.1, 0.15) is 17.1 Å². The maximum Gasteiger partial charge on any atom is 0.382 e. The monoisotopic (exact) mass is 373 g/mol. The molecule has 3 rings (SSSR count). The normalized spacial score (nSPS) is 11.6. The van der Waals surface area contributed by atoms with Crippen molar-refractivity contribution in [2.45, 2.75) is 19.8 Å². The molecule has 0 unspecified atom stereocenters. The summed E-state index contributed by atoms with van der Waals surface area (Å²) in [5.74, 6) is 0.508. The third-order valence-electron chi connectivity index (χ3n) is 3.96. The van der Waals surface area contributed by atoms with Crippen molar-refractivity contribution in [3.8, 4) is 17.1 Å². The van der Waals surface area contributed by atoms with Crippen LogP contribution in [0.1, 0.15) is 18.9 Å². The summed E-state index contributed by atoms with van der Waals surface area (Å²) >= 11 is 0. The molecule has 1 aromatic heterocycles. The fourth-order valence-electron chi connectivity index (χ4n) is 2.74. The molecule has 1 heterocycles. The van der Waals surface area contributed by atoms with Crippen molar-refractivity contribution in [2.24, 2.45) is 0 Å². The first-order valence-corrected chi connectivity index (χ1v) is 9.63. The predicted molar refractivity (Wildman–Crippen MR) is 101 cm³/mol. The van der Waals surface area contributed by atoms with Gasteiger partial charge in [0.15, 0.2) is 5.43 Å². The second-order valence-electron chi connectivity index (χ2n) is 5.78. The molecule has 0 radical (unpaired) electrons. The van der Waals surface area contributed by atoms with E-state index in [1.807, 2.05) is 24.3 Å². The van der Waals surface area contributed by atoms with Crippen molar-refractivity contribution in [2.75, 3.05) is 7.05 Å². The Kier molecular flexibility index (Phi) is 5.11. The average Bonchev–Trinajstić information content (AvgIpc) is 2.62. The van der Waals surface area contributed by atoms with Crippen molar-refractivity contribution in [1.29, 1.82) is 0 Å². The molecule has 0 aliphatic carbocycles. The molecule has 0 atom stereocenters. The molecule has 6 nitrogen and oxygen atoms in total. The van der Waals surface area contributed by atoms with Crippen LogP contribution in [0.2, 0.25) is 0 Å². The summed E-state index contributed by atoms with van der Waals surface area (Å²) in [6, 6.07) is 13.5. The van der Waals surface area contributed by atoms with Gasteiger partial charge in [0, 0.05) is 24.7 Å². The third kappa shape index (κ3) is 3.79. The summed E-state index contributed by atoms with van der Waals surface area (Å²) in [5.41, 5.74) is 2.00. The highest BCUT2D eigenvalue weighted by Crippen LogP contribution is 2.28. The van der Waals surface area contributed by atoms with E-state index in [0.717, 1.165) is 24.0 Å². The maximum absolute atomic E-state index is 12.5. The molecule has 0 saturated carbocycles. The molecule has 1 N–H and O–H groups in total. The highest BCUT2D eigenvalue weighted by Gasteiger charge is 2.13. The van der Waals surface area contributed by atoms with Gasteiger partial charge in [0.2, 0.25) is 0 Å². The summed E-state index contributed by atoms with van der Waals surface area (Å²) in [7, 11) is -2.65. The lowest BCUT2D eigenvalue weighted by molar-refractivity contribution is 0.476. The Morgan fingerprint density at radius 2 is 1.88 bits per heavy atom. The van der Waals surface area contributed by atoms with Crippen LogP contribution in [0.5, 0.6) is 5.75 Å². The SMILES string of the molecule is CCCc1ccccc1-c1cc(=O)c2ccc(OS(=O)(=O)NC)cc2o1. The smallest absolute Gasteiger partial charge is 0.382 e. The topological polar surface area (TPSA) is 85.6 Å². The van der Waals surface area contributed by atoms with Crippen LogP contribution in [0.4, 0.5) is 0 Å². The molecule has 0 saturated heterocycles. The Labute approximate surface area is 151 Å². The second kappa shape index (κ2) is 7.31. The summed E-state index contributed by atoms with van der Waals surface area (Å²) in [4.78, 5) is 12.5. The van der Waals surface area contributed by atoms with Gasteiger partial charge in [0.05, 0.1) is 5.39 Å². The van der Waals surface area contributed by atoms with E-state index in [4.69, 9.17) is 8.60 Å². The van der Waals surface area contributed by atoms with Gasteiger partial charge in [-0.25, -0.2) is 0 Å². The summed E-state index contributed by atoms with van der Waals surface area (Å²) in [6.07, 6.45) is 1.83. The molecule has 3 aromatic rings. The van der Waals surface area contributed by atoms with Crippen molar-refractivity contribution in [3.63, 3.8) is 0 Å². The minimum atomic E-state index is -3.90.